The molecule has 3 aromatic rings. The molecule has 2 aromatic heterocycles. The predicted molar refractivity (Wildman–Crippen MR) is 111 cm³/mol. The van der Waals surface area contributed by atoms with Crippen LogP contribution in [0.25, 0.3) is 5.69 Å². The Labute approximate surface area is 175 Å². The SMILES string of the molecule is COc1ccncc1C(=O)N1CCC2(CC1)OCCc1cn(-c3ccccc3)nc12. The summed E-state index contributed by atoms with van der Waals surface area (Å²) in [4.78, 5) is 19.0. The number of pyridine rings is 1. The average molecular weight is 404 g/mol. The van der Waals surface area contributed by atoms with Crippen LogP contribution in [0.2, 0.25) is 0 Å². The Morgan fingerprint density at radius 2 is 1.97 bits per heavy atom. The van der Waals surface area contributed by atoms with Crippen LogP contribution in [0.5, 0.6) is 5.75 Å². The third-order valence-electron chi connectivity index (χ3n) is 6.08. The van der Waals surface area contributed by atoms with Gasteiger partial charge in [-0.3, -0.25) is 9.78 Å². The van der Waals surface area contributed by atoms with Crippen molar-refractivity contribution in [3.63, 3.8) is 0 Å². The molecule has 5 rings (SSSR count). The van der Waals surface area contributed by atoms with Crippen LogP contribution in [0.1, 0.15) is 34.5 Å². The number of amides is 1. The average Bonchev–Trinajstić information content (AvgIpc) is 3.26. The minimum atomic E-state index is -0.427. The molecular weight excluding hydrogens is 380 g/mol. The second-order valence-corrected chi connectivity index (χ2v) is 7.74. The number of carbonyl (C=O) groups excluding carboxylic acids is 1. The van der Waals surface area contributed by atoms with Gasteiger partial charge >= 0.3 is 0 Å². The topological polar surface area (TPSA) is 69.5 Å². The zero-order chi connectivity index (χ0) is 20.6. The van der Waals surface area contributed by atoms with Crippen molar-refractivity contribution in [3.8, 4) is 11.4 Å². The van der Waals surface area contributed by atoms with Gasteiger partial charge in [0.15, 0.2) is 0 Å². The number of rotatable bonds is 3. The highest BCUT2D eigenvalue weighted by Crippen LogP contribution is 2.41. The smallest absolute Gasteiger partial charge is 0.259 e. The first kappa shape index (κ1) is 18.8. The van der Waals surface area contributed by atoms with Crippen molar-refractivity contribution in [3.05, 3.63) is 71.8 Å². The van der Waals surface area contributed by atoms with Crippen molar-refractivity contribution in [2.45, 2.75) is 24.9 Å². The summed E-state index contributed by atoms with van der Waals surface area (Å²) >= 11 is 0. The van der Waals surface area contributed by atoms with Gasteiger partial charge < -0.3 is 14.4 Å². The van der Waals surface area contributed by atoms with Gasteiger partial charge in [0.1, 0.15) is 11.4 Å². The summed E-state index contributed by atoms with van der Waals surface area (Å²) in [6, 6.07) is 11.8. The lowest BCUT2D eigenvalue weighted by molar-refractivity contribution is -0.0963. The molecule has 0 atom stereocenters. The van der Waals surface area contributed by atoms with Crippen LogP contribution < -0.4 is 4.74 Å². The van der Waals surface area contributed by atoms with Gasteiger partial charge in [-0.15, -0.1) is 0 Å². The maximum atomic E-state index is 13.0. The second-order valence-electron chi connectivity index (χ2n) is 7.74. The number of likely N-dealkylation sites (tertiary alicyclic amines) is 1. The largest absolute Gasteiger partial charge is 0.496 e. The second kappa shape index (κ2) is 7.57. The summed E-state index contributed by atoms with van der Waals surface area (Å²) in [7, 11) is 1.57. The number of fused-ring (bicyclic) bond motifs is 2. The molecule has 0 N–H and O–H groups in total. The van der Waals surface area contributed by atoms with Crippen LogP contribution in [0.15, 0.2) is 55.0 Å². The minimum absolute atomic E-state index is 0.0550. The van der Waals surface area contributed by atoms with Crippen LogP contribution in [-0.4, -0.2) is 52.4 Å². The summed E-state index contributed by atoms with van der Waals surface area (Å²) in [6.07, 6.45) is 7.62. The number of ether oxygens (including phenoxy) is 2. The first-order valence-electron chi connectivity index (χ1n) is 10.3. The van der Waals surface area contributed by atoms with Crippen LogP contribution in [0.3, 0.4) is 0 Å². The monoisotopic (exact) mass is 404 g/mol. The van der Waals surface area contributed by atoms with E-state index in [1.807, 2.05) is 27.8 Å². The van der Waals surface area contributed by atoms with E-state index >= 15 is 0 Å². The molecule has 2 aliphatic rings. The van der Waals surface area contributed by atoms with E-state index in [0.29, 0.717) is 31.0 Å². The molecular formula is C23H24N4O3. The number of carbonyl (C=O) groups is 1. The molecule has 4 heterocycles. The van der Waals surface area contributed by atoms with E-state index in [-0.39, 0.29) is 5.91 Å². The number of hydrogen-bond acceptors (Lipinski definition) is 5. The third kappa shape index (κ3) is 3.15. The Kier molecular flexibility index (Phi) is 4.75. The van der Waals surface area contributed by atoms with Crippen molar-refractivity contribution >= 4 is 5.91 Å². The molecule has 2 aliphatic heterocycles. The van der Waals surface area contributed by atoms with E-state index in [9.17, 15) is 4.79 Å². The minimum Gasteiger partial charge on any atom is -0.496 e. The lowest BCUT2D eigenvalue weighted by atomic mass is 9.83. The third-order valence-corrected chi connectivity index (χ3v) is 6.08. The predicted octanol–water partition coefficient (Wildman–Crippen LogP) is 2.98. The highest BCUT2D eigenvalue weighted by molar-refractivity contribution is 5.96. The molecule has 30 heavy (non-hydrogen) atoms. The van der Waals surface area contributed by atoms with Crippen molar-refractivity contribution in [2.75, 3.05) is 26.8 Å². The van der Waals surface area contributed by atoms with E-state index in [4.69, 9.17) is 14.6 Å². The molecule has 1 amide bonds. The molecule has 0 bridgehead atoms. The Bertz CT molecular complexity index is 1060. The molecule has 0 saturated carbocycles. The Balaban J connectivity index is 1.38. The fraction of sp³-hybridized carbons (Fsp3) is 0.348. The molecule has 0 radical (unpaired) electrons. The maximum Gasteiger partial charge on any atom is 0.259 e. The molecule has 1 saturated heterocycles. The van der Waals surface area contributed by atoms with Crippen LogP contribution in [0.4, 0.5) is 0 Å². The molecule has 7 nitrogen and oxygen atoms in total. The number of hydrogen-bond donors (Lipinski definition) is 0. The Morgan fingerprint density at radius 1 is 1.17 bits per heavy atom. The lowest BCUT2D eigenvalue weighted by Gasteiger charge is -2.43. The van der Waals surface area contributed by atoms with Gasteiger partial charge in [0.2, 0.25) is 0 Å². The fourth-order valence-electron chi connectivity index (χ4n) is 4.46. The van der Waals surface area contributed by atoms with E-state index in [2.05, 4.69) is 23.3 Å². The summed E-state index contributed by atoms with van der Waals surface area (Å²) < 4.78 is 13.6. The van der Waals surface area contributed by atoms with Crippen molar-refractivity contribution in [1.29, 1.82) is 0 Å². The zero-order valence-corrected chi connectivity index (χ0v) is 17.0. The van der Waals surface area contributed by atoms with Gasteiger partial charge in [0, 0.05) is 31.7 Å². The first-order valence-corrected chi connectivity index (χ1v) is 10.3. The number of methoxy groups -OCH3 is 1. The van der Waals surface area contributed by atoms with E-state index in [1.54, 1.807) is 25.6 Å². The van der Waals surface area contributed by atoms with Gasteiger partial charge in [-0.05, 0) is 43.0 Å². The highest BCUT2D eigenvalue weighted by atomic mass is 16.5. The number of piperidine rings is 1. The zero-order valence-electron chi connectivity index (χ0n) is 17.0. The van der Waals surface area contributed by atoms with Gasteiger partial charge in [-0.2, -0.15) is 5.10 Å². The van der Waals surface area contributed by atoms with Crippen molar-refractivity contribution in [1.82, 2.24) is 19.7 Å². The van der Waals surface area contributed by atoms with Gasteiger partial charge in [0.25, 0.3) is 5.91 Å². The van der Waals surface area contributed by atoms with E-state index in [1.165, 1.54) is 5.56 Å². The molecule has 7 heteroatoms. The number of nitrogens with zero attached hydrogens (tertiary/aromatic N) is 4. The molecule has 0 unspecified atom stereocenters. The Hall–Kier alpha value is -3.19. The summed E-state index contributed by atoms with van der Waals surface area (Å²) in [6.45, 7) is 1.89. The number of benzene rings is 1. The molecule has 154 valence electrons. The fourth-order valence-corrected chi connectivity index (χ4v) is 4.46. The van der Waals surface area contributed by atoms with Gasteiger partial charge in [0.05, 0.1) is 30.7 Å². The van der Waals surface area contributed by atoms with Crippen LogP contribution in [-0.2, 0) is 16.8 Å². The molecule has 1 aromatic carbocycles. The number of para-hydroxylation sites is 1. The van der Waals surface area contributed by atoms with E-state index < -0.39 is 5.60 Å². The first-order chi connectivity index (χ1) is 14.7. The molecule has 0 aliphatic carbocycles. The maximum absolute atomic E-state index is 13.0. The summed E-state index contributed by atoms with van der Waals surface area (Å²) in [5.41, 5.74) is 3.36. The Morgan fingerprint density at radius 3 is 2.73 bits per heavy atom. The van der Waals surface area contributed by atoms with Crippen LogP contribution >= 0.6 is 0 Å². The summed E-state index contributed by atoms with van der Waals surface area (Å²) in [5, 5.41) is 4.91. The quantitative estimate of drug-likeness (QED) is 0.671. The molecule has 1 spiro atoms. The van der Waals surface area contributed by atoms with Gasteiger partial charge in [-0.1, -0.05) is 18.2 Å². The van der Waals surface area contributed by atoms with Crippen LogP contribution in [0, 0.1) is 0 Å². The highest BCUT2D eigenvalue weighted by Gasteiger charge is 2.44. The van der Waals surface area contributed by atoms with E-state index in [0.717, 1.165) is 30.6 Å². The molecule has 1 fully saturated rings. The lowest BCUT2D eigenvalue weighted by Crippen LogP contribution is -2.48. The van der Waals surface area contributed by atoms with Crippen molar-refractivity contribution < 1.29 is 14.3 Å². The number of aromatic nitrogens is 3. The summed E-state index contributed by atoms with van der Waals surface area (Å²) in [5.74, 6) is 0.494. The van der Waals surface area contributed by atoms with Crippen molar-refractivity contribution in [2.24, 2.45) is 0 Å². The normalized spacial score (nSPS) is 17.6. The standard InChI is InChI=1S/C23H24N4O3/c1-29-20-7-11-24-15-19(20)22(28)26-12-9-23(10-13-26)21-17(8-14-30-23)16-27(25-21)18-5-3-2-4-6-18/h2-7,11,15-16H,8-10,12-14H2,1H3. The van der Waals surface area contributed by atoms with Gasteiger partial charge in [-0.25, -0.2) is 4.68 Å².